The van der Waals surface area contributed by atoms with Gasteiger partial charge in [-0.15, -0.1) is 0 Å². The summed E-state index contributed by atoms with van der Waals surface area (Å²) in [5, 5.41) is 12.5. The van der Waals surface area contributed by atoms with Gasteiger partial charge in [0.25, 0.3) is 11.8 Å². The molecule has 27 heavy (non-hydrogen) atoms. The molecule has 2 heterocycles. The van der Waals surface area contributed by atoms with Gasteiger partial charge >= 0.3 is 0 Å². The van der Waals surface area contributed by atoms with Crippen LogP contribution in [0.3, 0.4) is 0 Å². The molecule has 3 aromatic rings. The smallest absolute Gasteiger partial charge is 0.268 e. The Morgan fingerprint density at radius 2 is 1.89 bits per heavy atom. The second-order valence-corrected chi connectivity index (χ2v) is 6.78. The highest BCUT2D eigenvalue weighted by atomic mass is 16.5. The van der Waals surface area contributed by atoms with Crippen LogP contribution in [0.4, 0.5) is 11.4 Å². The lowest BCUT2D eigenvalue weighted by Crippen LogP contribution is -2.45. The van der Waals surface area contributed by atoms with Crippen molar-refractivity contribution in [2.24, 2.45) is 0 Å². The number of hydrogen-bond acceptors (Lipinski definition) is 4. The minimum Gasteiger partial charge on any atom is -0.476 e. The molecule has 0 fully saturated rings. The number of carbonyl (C=O) groups is 2. The standard InChI is InChI=1S/C20H18N4O3/c1-20(2)19(26)23-16-8-5-13(11-17(16)27-20)18(25)22-14-6-3-12(4-7-14)15-9-10-21-24-15/h3-11H,1-2H3,(H,21,24)(H,22,25)(H,23,26). The molecule has 3 N–H and O–H groups in total. The van der Waals surface area contributed by atoms with Crippen molar-refractivity contribution in [3.8, 4) is 17.0 Å². The van der Waals surface area contributed by atoms with E-state index in [-0.39, 0.29) is 11.8 Å². The van der Waals surface area contributed by atoms with Crippen molar-refractivity contribution >= 4 is 23.2 Å². The Kier molecular flexibility index (Phi) is 3.92. The van der Waals surface area contributed by atoms with Gasteiger partial charge < -0.3 is 15.4 Å². The number of ether oxygens (including phenoxy) is 1. The van der Waals surface area contributed by atoms with Gasteiger partial charge in [0.1, 0.15) is 5.75 Å². The predicted molar refractivity (Wildman–Crippen MR) is 102 cm³/mol. The van der Waals surface area contributed by atoms with E-state index in [0.717, 1.165) is 11.3 Å². The molecule has 0 atom stereocenters. The van der Waals surface area contributed by atoms with Crippen LogP contribution in [-0.4, -0.2) is 27.6 Å². The molecule has 136 valence electrons. The minimum atomic E-state index is -0.982. The molecular weight excluding hydrogens is 344 g/mol. The monoisotopic (exact) mass is 362 g/mol. The first-order chi connectivity index (χ1) is 12.9. The fourth-order valence-electron chi connectivity index (χ4n) is 2.80. The molecule has 0 saturated carbocycles. The Morgan fingerprint density at radius 3 is 2.59 bits per heavy atom. The van der Waals surface area contributed by atoms with Gasteiger partial charge in [-0.3, -0.25) is 14.7 Å². The van der Waals surface area contributed by atoms with E-state index >= 15 is 0 Å². The van der Waals surface area contributed by atoms with Crippen molar-refractivity contribution in [1.82, 2.24) is 10.2 Å². The first-order valence-electron chi connectivity index (χ1n) is 8.48. The second-order valence-electron chi connectivity index (χ2n) is 6.78. The molecule has 4 rings (SSSR count). The maximum Gasteiger partial charge on any atom is 0.268 e. The highest BCUT2D eigenvalue weighted by Crippen LogP contribution is 2.34. The number of nitrogens with one attached hydrogen (secondary N) is 3. The molecule has 0 saturated heterocycles. The van der Waals surface area contributed by atoms with Crippen LogP contribution >= 0.6 is 0 Å². The molecule has 1 aliphatic heterocycles. The third-order valence-electron chi connectivity index (χ3n) is 4.36. The van der Waals surface area contributed by atoms with Crippen LogP contribution in [0.15, 0.2) is 54.7 Å². The quantitative estimate of drug-likeness (QED) is 0.665. The van der Waals surface area contributed by atoms with E-state index in [4.69, 9.17) is 4.74 Å². The minimum absolute atomic E-state index is 0.218. The number of fused-ring (bicyclic) bond motifs is 1. The van der Waals surface area contributed by atoms with Crippen LogP contribution in [0.5, 0.6) is 5.75 Å². The molecule has 2 aromatic carbocycles. The van der Waals surface area contributed by atoms with Gasteiger partial charge in [0.15, 0.2) is 5.60 Å². The Morgan fingerprint density at radius 1 is 1.11 bits per heavy atom. The van der Waals surface area contributed by atoms with E-state index in [1.54, 1.807) is 38.2 Å². The van der Waals surface area contributed by atoms with Crippen molar-refractivity contribution < 1.29 is 14.3 Å². The first-order valence-corrected chi connectivity index (χ1v) is 8.48. The van der Waals surface area contributed by atoms with Crippen LogP contribution < -0.4 is 15.4 Å². The van der Waals surface area contributed by atoms with E-state index in [1.165, 1.54) is 0 Å². The SMILES string of the molecule is CC1(C)Oc2cc(C(=O)Nc3ccc(-c4ccn[nH]4)cc3)ccc2NC1=O. The Bertz CT molecular complexity index is 1010. The van der Waals surface area contributed by atoms with Crippen molar-refractivity contribution in [2.45, 2.75) is 19.4 Å². The topological polar surface area (TPSA) is 96.1 Å². The number of H-pyrrole nitrogens is 1. The molecule has 0 radical (unpaired) electrons. The van der Waals surface area contributed by atoms with Gasteiger partial charge in [0, 0.05) is 17.4 Å². The normalized spacial score (nSPS) is 14.7. The number of hydrogen-bond donors (Lipinski definition) is 3. The highest BCUT2D eigenvalue weighted by Gasteiger charge is 2.35. The average Bonchev–Trinajstić information content (AvgIpc) is 3.17. The van der Waals surface area contributed by atoms with Gasteiger partial charge in [-0.2, -0.15) is 5.10 Å². The van der Waals surface area contributed by atoms with E-state index in [1.807, 2.05) is 30.3 Å². The van der Waals surface area contributed by atoms with E-state index < -0.39 is 5.60 Å². The van der Waals surface area contributed by atoms with Gasteiger partial charge in [-0.25, -0.2) is 0 Å². The fourth-order valence-corrected chi connectivity index (χ4v) is 2.80. The summed E-state index contributed by atoms with van der Waals surface area (Å²) < 4.78 is 5.73. The summed E-state index contributed by atoms with van der Waals surface area (Å²) in [6.07, 6.45) is 1.69. The molecule has 2 amide bonds. The number of rotatable bonds is 3. The molecule has 0 aliphatic carbocycles. The van der Waals surface area contributed by atoms with E-state index in [2.05, 4.69) is 20.8 Å². The Hall–Kier alpha value is -3.61. The van der Waals surface area contributed by atoms with Crippen molar-refractivity contribution in [3.63, 3.8) is 0 Å². The third-order valence-corrected chi connectivity index (χ3v) is 4.36. The summed E-state index contributed by atoms with van der Waals surface area (Å²) in [5.41, 5.74) is 2.58. The summed E-state index contributed by atoms with van der Waals surface area (Å²) in [6, 6.07) is 14.3. The van der Waals surface area contributed by atoms with Crippen LogP contribution in [0.25, 0.3) is 11.3 Å². The highest BCUT2D eigenvalue weighted by molar-refractivity contribution is 6.06. The summed E-state index contributed by atoms with van der Waals surface area (Å²) in [6.45, 7) is 3.36. The lowest BCUT2D eigenvalue weighted by Gasteiger charge is -2.31. The van der Waals surface area contributed by atoms with E-state index in [9.17, 15) is 9.59 Å². The molecule has 0 spiro atoms. The molecular formula is C20H18N4O3. The van der Waals surface area contributed by atoms with Crippen molar-refractivity contribution in [1.29, 1.82) is 0 Å². The molecule has 1 aliphatic rings. The van der Waals surface area contributed by atoms with Gasteiger partial charge in [-0.1, -0.05) is 12.1 Å². The van der Waals surface area contributed by atoms with Crippen LogP contribution in [0.2, 0.25) is 0 Å². The van der Waals surface area contributed by atoms with Crippen molar-refractivity contribution in [2.75, 3.05) is 10.6 Å². The van der Waals surface area contributed by atoms with Gasteiger partial charge in [0.05, 0.1) is 11.4 Å². The zero-order valence-electron chi connectivity index (χ0n) is 14.9. The number of carbonyl (C=O) groups excluding carboxylic acids is 2. The number of amides is 2. The number of aromatic amines is 1. The van der Waals surface area contributed by atoms with E-state index in [0.29, 0.717) is 22.7 Å². The Balaban J connectivity index is 1.51. The maximum absolute atomic E-state index is 12.6. The summed E-state index contributed by atoms with van der Waals surface area (Å²) >= 11 is 0. The predicted octanol–water partition coefficient (Wildman–Crippen LogP) is 3.44. The molecule has 0 bridgehead atoms. The van der Waals surface area contributed by atoms with Crippen molar-refractivity contribution in [3.05, 3.63) is 60.3 Å². The third kappa shape index (κ3) is 3.27. The molecule has 0 unspecified atom stereocenters. The number of nitrogens with zero attached hydrogens (tertiary/aromatic N) is 1. The van der Waals surface area contributed by atoms with Gasteiger partial charge in [-0.05, 0) is 55.8 Å². The zero-order chi connectivity index (χ0) is 19.0. The summed E-state index contributed by atoms with van der Waals surface area (Å²) in [4.78, 5) is 24.5. The number of aromatic nitrogens is 2. The lowest BCUT2D eigenvalue weighted by atomic mass is 10.0. The number of anilines is 2. The lowest BCUT2D eigenvalue weighted by molar-refractivity contribution is -0.129. The van der Waals surface area contributed by atoms with Crippen LogP contribution in [0, 0.1) is 0 Å². The zero-order valence-corrected chi connectivity index (χ0v) is 14.9. The number of benzene rings is 2. The molecule has 1 aromatic heterocycles. The second kappa shape index (κ2) is 6.28. The largest absolute Gasteiger partial charge is 0.476 e. The molecule has 7 nitrogen and oxygen atoms in total. The fraction of sp³-hybridized carbons (Fsp3) is 0.150. The summed E-state index contributed by atoms with van der Waals surface area (Å²) in [7, 11) is 0. The summed E-state index contributed by atoms with van der Waals surface area (Å²) in [5.74, 6) is -0.00296. The maximum atomic E-state index is 12.6. The average molecular weight is 362 g/mol. The van der Waals surface area contributed by atoms with Crippen LogP contribution in [-0.2, 0) is 4.79 Å². The first kappa shape index (κ1) is 16.8. The Labute approximate surface area is 155 Å². The van der Waals surface area contributed by atoms with Crippen LogP contribution in [0.1, 0.15) is 24.2 Å². The molecule has 7 heteroatoms. The van der Waals surface area contributed by atoms with Gasteiger partial charge in [0.2, 0.25) is 0 Å².